The summed E-state index contributed by atoms with van der Waals surface area (Å²) in [5.74, 6) is -1.31. The summed E-state index contributed by atoms with van der Waals surface area (Å²) in [4.78, 5) is 10.8. The zero-order valence-electron chi connectivity index (χ0n) is 9.12. The summed E-state index contributed by atoms with van der Waals surface area (Å²) in [6.07, 6.45) is 0. The number of quaternary nitrogens is 1. The number of rotatable bonds is 1. The van der Waals surface area contributed by atoms with Gasteiger partial charge in [-0.05, 0) is 12.1 Å². The summed E-state index contributed by atoms with van der Waals surface area (Å²) >= 11 is 0. The zero-order chi connectivity index (χ0) is 11.1. The second kappa shape index (κ2) is 3.84. The Morgan fingerprint density at radius 2 is 1.88 bits per heavy atom. The molecule has 0 aliphatic heterocycles. The molecule has 1 aromatic carbocycles. The van der Waals surface area contributed by atoms with E-state index in [9.17, 15) is 9.90 Å². The number of para-hydroxylation sites is 1. The van der Waals surface area contributed by atoms with Crippen LogP contribution in [-0.2, 0) is 0 Å². The first-order valence-electron chi connectivity index (χ1n) is 4.72. The molecule has 0 saturated carbocycles. The van der Waals surface area contributed by atoms with Crippen LogP contribution in [0.3, 0.4) is 0 Å². The Labute approximate surface area is 96.1 Å². The molecule has 0 spiro atoms. The predicted octanol–water partition coefficient (Wildman–Crippen LogP) is 0.622. The van der Waals surface area contributed by atoms with Crippen LogP contribution in [0.1, 0.15) is 10.5 Å². The van der Waals surface area contributed by atoms with Crippen molar-refractivity contribution in [1.82, 2.24) is 21.0 Å². The zero-order valence-corrected chi connectivity index (χ0v) is 9.12. The summed E-state index contributed by atoms with van der Waals surface area (Å²) < 4.78 is 1.50. The molecule has 6 heteroatoms. The largest absolute Gasteiger partial charge is 0.543 e. The van der Waals surface area contributed by atoms with Gasteiger partial charge in [-0.3, -0.25) is 0 Å². The molecular weight excluding hydrogens is 220 g/mol. The lowest BCUT2D eigenvalue weighted by Crippen LogP contribution is -2.22. The number of fused-ring (bicyclic) bond motifs is 3. The highest BCUT2D eigenvalue weighted by Gasteiger charge is 2.08. The SMILES string of the molecule is O=C([O-])c1nnn2c1ccc1ccccc12.[NH4+]. The molecule has 2 aromatic heterocycles. The molecule has 2 heterocycles. The maximum Gasteiger partial charge on any atom is 0.136 e. The highest BCUT2D eigenvalue weighted by Crippen LogP contribution is 2.17. The van der Waals surface area contributed by atoms with E-state index in [2.05, 4.69) is 10.3 Å². The number of nitrogens with zero attached hydrogens (tertiary/aromatic N) is 3. The number of aromatic nitrogens is 3. The number of pyridine rings is 1. The fourth-order valence-corrected chi connectivity index (χ4v) is 1.75. The van der Waals surface area contributed by atoms with Crippen LogP contribution in [0.15, 0.2) is 36.4 Å². The third kappa shape index (κ3) is 1.51. The van der Waals surface area contributed by atoms with Gasteiger partial charge < -0.3 is 16.1 Å². The van der Waals surface area contributed by atoms with Gasteiger partial charge in [0.15, 0.2) is 0 Å². The van der Waals surface area contributed by atoms with Crippen molar-refractivity contribution in [3.63, 3.8) is 0 Å². The minimum Gasteiger partial charge on any atom is -0.543 e. The molecule has 6 nitrogen and oxygen atoms in total. The third-order valence-corrected chi connectivity index (χ3v) is 2.48. The molecule has 86 valence electrons. The van der Waals surface area contributed by atoms with E-state index in [0.717, 1.165) is 10.9 Å². The van der Waals surface area contributed by atoms with Gasteiger partial charge in [0.25, 0.3) is 0 Å². The topological polar surface area (TPSA) is 107 Å². The molecule has 3 aromatic rings. The molecule has 0 unspecified atom stereocenters. The van der Waals surface area contributed by atoms with Crippen LogP contribution in [0.5, 0.6) is 0 Å². The minimum atomic E-state index is -1.31. The van der Waals surface area contributed by atoms with Crippen molar-refractivity contribution in [3.8, 4) is 0 Å². The van der Waals surface area contributed by atoms with Crippen LogP contribution in [0, 0.1) is 0 Å². The Hall–Kier alpha value is -2.47. The van der Waals surface area contributed by atoms with E-state index in [1.54, 1.807) is 6.07 Å². The molecule has 0 saturated heterocycles. The normalized spacial score (nSPS) is 10.4. The van der Waals surface area contributed by atoms with Gasteiger partial charge in [-0.1, -0.05) is 29.5 Å². The van der Waals surface area contributed by atoms with Gasteiger partial charge in [-0.15, -0.1) is 5.10 Å². The highest BCUT2D eigenvalue weighted by molar-refractivity contribution is 5.94. The quantitative estimate of drug-likeness (QED) is 0.661. The number of hydrogen-bond acceptors (Lipinski definition) is 4. The third-order valence-electron chi connectivity index (χ3n) is 2.48. The van der Waals surface area contributed by atoms with E-state index in [1.165, 1.54) is 4.52 Å². The number of carbonyl (C=O) groups excluding carboxylic acids is 1. The lowest BCUT2D eigenvalue weighted by molar-refractivity contribution is -0.255. The summed E-state index contributed by atoms with van der Waals surface area (Å²) in [5.41, 5.74) is 1.13. The Kier molecular flexibility index (Phi) is 2.49. The van der Waals surface area contributed by atoms with Gasteiger partial charge in [0.05, 0.1) is 17.0 Å². The fraction of sp³-hybridized carbons (Fsp3) is 0. The van der Waals surface area contributed by atoms with E-state index >= 15 is 0 Å². The predicted molar refractivity (Wildman–Crippen MR) is 60.8 cm³/mol. The molecule has 0 atom stereocenters. The van der Waals surface area contributed by atoms with Crippen molar-refractivity contribution in [1.29, 1.82) is 0 Å². The molecule has 3 rings (SSSR count). The van der Waals surface area contributed by atoms with Crippen molar-refractivity contribution in [2.24, 2.45) is 0 Å². The fourth-order valence-electron chi connectivity index (χ4n) is 1.75. The van der Waals surface area contributed by atoms with Gasteiger partial charge >= 0.3 is 0 Å². The molecule has 0 fully saturated rings. The first kappa shape index (κ1) is 11.0. The Morgan fingerprint density at radius 3 is 2.65 bits per heavy atom. The van der Waals surface area contributed by atoms with Crippen molar-refractivity contribution < 1.29 is 9.90 Å². The lowest BCUT2D eigenvalue weighted by atomic mass is 10.2. The van der Waals surface area contributed by atoms with E-state index < -0.39 is 5.97 Å². The van der Waals surface area contributed by atoms with Crippen molar-refractivity contribution in [2.75, 3.05) is 0 Å². The van der Waals surface area contributed by atoms with Gasteiger partial charge in [-0.25, -0.2) is 4.52 Å². The molecule has 4 N–H and O–H groups in total. The number of carbonyl (C=O) groups is 1. The summed E-state index contributed by atoms with van der Waals surface area (Å²) in [6, 6.07) is 11.1. The van der Waals surface area contributed by atoms with Crippen LogP contribution < -0.4 is 11.3 Å². The molecule has 0 aliphatic rings. The highest BCUT2D eigenvalue weighted by atomic mass is 16.4. The molecular formula is C11H10N4O2. The van der Waals surface area contributed by atoms with Crippen LogP contribution in [0.4, 0.5) is 0 Å². The summed E-state index contributed by atoms with van der Waals surface area (Å²) in [5, 5.41) is 19.2. The van der Waals surface area contributed by atoms with E-state index in [-0.39, 0.29) is 11.8 Å². The smallest absolute Gasteiger partial charge is 0.136 e. The molecule has 0 aliphatic carbocycles. The van der Waals surface area contributed by atoms with Crippen molar-refractivity contribution >= 4 is 22.4 Å². The Balaban J connectivity index is 0.00000108. The van der Waals surface area contributed by atoms with Crippen LogP contribution in [0.25, 0.3) is 16.4 Å². The first-order chi connectivity index (χ1) is 7.77. The average molecular weight is 230 g/mol. The van der Waals surface area contributed by atoms with Crippen molar-refractivity contribution in [2.45, 2.75) is 0 Å². The van der Waals surface area contributed by atoms with Crippen molar-refractivity contribution in [3.05, 3.63) is 42.1 Å². The van der Waals surface area contributed by atoms with Gasteiger partial charge in [0.1, 0.15) is 5.69 Å². The number of aromatic carboxylic acids is 1. The molecule has 0 amide bonds. The Morgan fingerprint density at radius 1 is 1.12 bits per heavy atom. The van der Waals surface area contributed by atoms with Gasteiger partial charge in [0.2, 0.25) is 0 Å². The lowest BCUT2D eigenvalue weighted by Gasteiger charge is -2.01. The molecule has 0 radical (unpaired) electrons. The average Bonchev–Trinajstić information content (AvgIpc) is 2.73. The molecule has 17 heavy (non-hydrogen) atoms. The maximum absolute atomic E-state index is 10.8. The second-order valence-corrected chi connectivity index (χ2v) is 3.41. The first-order valence-corrected chi connectivity index (χ1v) is 4.72. The van der Waals surface area contributed by atoms with Crippen LogP contribution >= 0.6 is 0 Å². The monoisotopic (exact) mass is 230 g/mol. The number of benzene rings is 1. The summed E-state index contributed by atoms with van der Waals surface area (Å²) in [7, 11) is 0. The Bertz CT molecular complexity index is 705. The number of carboxylic acids is 1. The number of hydrogen-bond donors (Lipinski definition) is 1. The summed E-state index contributed by atoms with van der Waals surface area (Å²) in [6.45, 7) is 0. The number of carboxylic acid groups (broad SMARTS) is 1. The van der Waals surface area contributed by atoms with Crippen LogP contribution in [0.2, 0.25) is 0 Å². The second-order valence-electron chi connectivity index (χ2n) is 3.41. The minimum absolute atomic E-state index is 0. The standard InChI is InChI=1S/C11H7N3O2.H3N/c15-11(16)10-9-6-5-7-3-1-2-4-8(7)14(9)13-12-10;/h1-6H,(H,15,16);1H3. The van der Waals surface area contributed by atoms with Gasteiger partial charge in [0, 0.05) is 5.39 Å². The van der Waals surface area contributed by atoms with E-state index in [0.29, 0.717) is 5.52 Å². The van der Waals surface area contributed by atoms with E-state index in [1.807, 2.05) is 30.3 Å². The van der Waals surface area contributed by atoms with E-state index in [4.69, 9.17) is 0 Å². The van der Waals surface area contributed by atoms with Gasteiger partial charge in [-0.2, -0.15) is 0 Å². The maximum atomic E-state index is 10.8. The van der Waals surface area contributed by atoms with Crippen LogP contribution in [-0.4, -0.2) is 20.8 Å². The molecule has 0 bridgehead atoms.